The fraction of sp³-hybridized carbons (Fsp3) is 0.429. The molecule has 0 aliphatic carbocycles. The Labute approximate surface area is 127 Å². The Balaban J connectivity index is 2.81. The number of nitrogen functional groups attached to an aromatic ring is 1. The summed E-state index contributed by atoms with van der Waals surface area (Å²) >= 11 is 1.08. The number of aliphatic hydroxyl groups is 2. The number of thioether (sulfide) groups is 1. The van der Waals surface area contributed by atoms with Gasteiger partial charge in [-0.2, -0.15) is 0 Å². The number of hydrogen-bond donors (Lipinski definition) is 3. The number of nitrogens with two attached hydrogens (primary N) is 1. The van der Waals surface area contributed by atoms with E-state index in [-0.39, 0.29) is 22.8 Å². The number of rotatable bonds is 6. The van der Waals surface area contributed by atoms with Crippen LogP contribution in [0, 0.1) is 0 Å². The van der Waals surface area contributed by atoms with Gasteiger partial charge in [-0.3, -0.25) is 4.79 Å². The maximum absolute atomic E-state index is 11.5. The SMILES string of the molecule is COC(=O)c1cc(N)cc(C(O)C(O)CCSC(C)=O)c1. The third kappa shape index (κ3) is 5.37. The molecule has 4 N–H and O–H groups in total. The number of esters is 1. The van der Waals surface area contributed by atoms with Crippen LogP contribution in [0.2, 0.25) is 0 Å². The van der Waals surface area contributed by atoms with Gasteiger partial charge < -0.3 is 20.7 Å². The Morgan fingerprint density at radius 3 is 2.57 bits per heavy atom. The van der Waals surface area contributed by atoms with Gasteiger partial charge in [0.15, 0.2) is 5.12 Å². The van der Waals surface area contributed by atoms with Gasteiger partial charge >= 0.3 is 5.97 Å². The molecule has 1 aromatic rings. The third-order valence-electron chi connectivity index (χ3n) is 2.82. The zero-order chi connectivity index (χ0) is 16.0. The quantitative estimate of drug-likeness (QED) is 0.533. The fourth-order valence-corrected chi connectivity index (χ4v) is 2.43. The zero-order valence-corrected chi connectivity index (χ0v) is 12.7. The molecule has 0 spiro atoms. The van der Waals surface area contributed by atoms with Crippen LogP contribution >= 0.6 is 11.8 Å². The molecule has 0 aliphatic rings. The highest BCUT2D eigenvalue weighted by molar-refractivity contribution is 8.13. The molecule has 0 aliphatic heterocycles. The summed E-state index contributed by atoms with van der Waals surface area (Å²) in [6, 6.07) is 4.34. The number of ether oxygens (including phenoxy) is 1. The summed E-state index contributed by atoms with van der Waals surface area (Å²) in [5.41, 5.74) is 6.50. The number of hydrogen-bond acceptors (Lipinski definition) is 7. The molecule has 21 heavy (non-hydrogen) atoms. The summed E-state index contributed by atoms with van der Waals surface area (Å²) < 4.78 is 4.60. The highest BCUT2D eigenvalue weighted by Crippen LogP contribution is 2.24. The lowest BCUT2D eigenvalue weighted by molar-refractivity contribution is -0.109. The topological polar surface area (TPSA) is 110 Å². The van der Waals surface area contributed by atoms with E-state index in [4.69, 9.17) is 5.73 Å². The number of benzene rings is 1. The molecule has 0 bridgehead atoms. The van der Waals surface area contributed by atoms with E-state index < -0.39 is 18.2 Å². The number of aliphatic hydroxyl groups excluding tert-OH is 2. The molecular formula is C14H19NO5S. The molecule has 0 radical (unpaired) electrons. The molecule has 6 nitrogen and oxygen atoms in total. The Kier molecular flexibility index (Phi) is 6.67. The number of carbonyl (C=O) groups is 2. The molecule has 0 saturated carbocycles. The van der Waals surface area contributed by atoms with Gasteiger partial charge in [0.2, 0.25) is 0 Å². The van der Waals surface area contributed by atoms with Crippen molar-refractivity contribution >= 4 is 28.5 Å². The van der Waals surface area contributed by atoms with Crippen molar-refractivity contribution in [1.82, 2.24) is 0 Å². The van der Waals surface area contributed by atoms with Gasteiger partial charge in [0.25, 0.3) is 0 Å². The van der Waals surface area contributed by atoms with Crippen LogP contribution in [0.4, 0.5) is 5.69 Å². The largest absolute Gasteiger partial charge is 0.465 e. The van der Waals surface area contributed by atoms with Crippen LogP contribution in [-0.4, -0.2) is 40.3 Å². The van der Waals surface area contributed by atoms with Gasteiger partial charge in [-0.1, -0.05) is 11.8 Å². The molecule has 0 fully saturated rings. The highest BCUT2D eigenvalue weighted by atomic mass is 32.2. The number of methoxy groups -OCH3 is 1. The van der Waals surface area contributed by atoms with Crippen molar-refractivity contribution in [1.29, 1.82) is 0 Å². The molecule has 2 atom stereocenters. The van der Waals surface area contributed by atoms with E-state index in [0.717, 1.165) is 11.8 Å². The van der Waals surface area contributed by atoms with E-state index in [1.807, 2.05) is 0 Å². The number of anilines is 1. The van der Waals surface area contributed by atoms with Crippen molar-refractivity contribution in [2.24, 2.45) is 0 Å². The Morgan fingerprint density at radius 1 is 1.33 bits per heavy atom. The second kappa shape index (κ2) is 8.02. The molecule has 2 unspecified atom stereocenters. The molecule has 0 aromatic heterocycles. The van der Waals surface area contributed by atoms with Crippen LogP contribution in [0.5, 0.6) is 0 Å². The van der Waals surface area contributed by atoms with E-state index in [2.05, 4.69) is 4.74 Å². The van der Waals surface area contributed by atoms with Crippen molar-refractivity contribution in [3.8, 4) is 0 Å². The first-order chi connectivity index (χ1) is 9.85. The van der Waals surface area contributed by atoms with Crippen molar-refractivity contribution in [2.45, 2.75) is 25.6 Å². The summed E-state index contributed by atoms with van der Waals surface area (Å²) in [5, 5.41) is 20.0. The lowest BCUT2D eigenvalue weighted by Crippen LogP contribution is -2.20. The summed E-state index contributed by atoms with van der Waals surface area (Å²) in [4.78, 5) is 22.3. The van der Waals surface area contributed by atoms with Crippen LogP contribution in [0.3, 0.4) is 0 Å². The first-order valence-corrected chi connectivity index (χ1v) is 7.32. The molecule has 1 rings (SSSR count). The first kappa shape index (κ1) is 17.5. The predicted octanol–water partition coefficient (Wildman–Crippen LogP) is 1.12. The fourth-order valence-electron chi connectivity index (χ4n) is 1.79. The van der Waals surface area contributed by atoms with E-state index >= 15 is 0 Å². The Morgan fingerprint density at radius 2 is 2.00 bits per heavy atom. The van der Waals surface area contributed by atoms with E-state index in [1.54, 1.807) is 0 Å². The summed E-state index contributed by atoms with van der Waals surface area (Å²) in [5.74, 6) is -0.169. The lowest BCUT2D eigenvalue weighted by Gasteiger charge is -2.18. The van der Waals surface area contributed by atoms with Crippen molar-refractivity contribution in [3.05, 3.63) is 29.3 Å². The molecule has 116 valence electrons. The minimum absolute atomic E-state index is 0.0476. The van der Waals surface area contributed by atoms with E-state index in [9.17, 15) is 19.8 Å². The van der Waals surface area contributed by atoms with Gasteiger partial charge in [-0.05, 0) is 30.2 Å². The number of carbonyl (C=O) groups excluding carboxylic acids is 2. The predicted molar refractivity (Wildman–Crippen MR) is 80.9 cm³/mol. The smallest absolute Gasteiger partial charge is 0.337 e. The molecular weight excluding hydrogens is 294 g/mol. The molecule has 7 heteroatoms. The molecule has 1 aromatic carbocycles. The normalized spacial score (nSPS) is 13.5. The van der Waals surface area contributed by atoms with Crippen LogP contribution in [0.25, 0.3) is 0 Å². The van der Waals surface area contributed by atoms with Crippen molar-refractivity contribution in [3.63, 3.8) is 0 Å². The van der Waals surface area contributed by atoms with E-state index in [1.165, 1.54) is 32.2 Å². The average Bonchev–Trinajstić information content (AvgIpc) is 2.44. The van der Waals surface area contributed by atoms with Gasteiger partial charge in [-0.15, -0.1) is 0 Å². The Bertz CT molecular complexity index is 520. The second-order valence-corrected chi connectivity index (χ2v) is 5.79. The van der Waals surface area contributed by atoms with Gasteiger partial charge in [0.1, 0.15) is 6.10 Å². The van der Waals surface area contributed by atoms with Crippen LogP contribution in [0.1, 0.15) is 35.4 Å². The zero-order valence-electron chi connectivity index (χ0n) is 11.9. The average molecular weight is 313 g/mol. The van der Waals surface area contributed by atoms with E-state index in [0.29, 0.717) is 11.3 Å². The minimum atomic E-state index is -1.19. The van der Waals surface area contributed by atoms with Crippen LogP contribution in [0.15, 0.2) is 18.2 Å². The van der Waals surface area contributed by atoms with Crippen LogP contribution in [-0.2, 0) is 9.53 Å². The maximum atomic E-state index is 11.5. The monoisotopic (exact) mass is 313 g/mol. The first-order valence-electron chi connectivity index (χ1n) is 6.33. The lowest BCUT2D eigenvalue weighted by atomic mass is 9.99. The van der Waals surface area contributed by atoms with Crippen molar-refractivity contribution in [2.75, 3.05) is 18.6 Å². The maximum Gasteiger partial charge on any atom is 0.337 e. The van der Waals surface area contributed by atoms with Gasteiger partial charge in [-0.25, -0.2) is 4.79 Å². The van der Waals surface area contributed by atoms with Crippen molar-refractivity contribution < 1.29 is 24.5 Å². The van der Waals surface area contributed by atoms with Crippen LogP contribution < -0.4 is 5.73 Å². The Hall–Kier alpha value is -1.57. The molecule has 0 amide bonds. The highest BCUT2D eigenvalue weighted by Gasteiger charge is 2.20. The third-order valence-corrected chi connectivity index (χ3v) is 3.67. The minimum Gasteiger partial charge on any atom is -0.465 e. The standard InChI is InChI=1S/C14H19NO5S/c1-8(16)21-4-3-12(17)13(18)9-5-10(14(19)20-2)7-11(15)6-9/h5-7,12-13,17-18H,3-4,15H2,1-2H3. The second-order valence-electron chi connectivity index (χ2n) is 4.52. The van der Waals surface area contributed by atoms with Gasteiger partial charge in [0, 0.05) is 18.4 Å². The molecule has 0 heterocycles. The summed E-state index contributed by atoms with van der Waals surface area (Å²) in [6.07, 6.45) is -2.00. The summed E-state index contributed by atoms with van der Waals surface area (Å²) in [6.45, 7) is 1.44. The molecule has 0 saturated heterocycles. The summed E-state index contributed by atoms with van der Waals surface area (Å²) in [7, 11) is 1.25. The van der Waals surface area contributed by atoms with Gasteiger partial charge in [0.05, 0.1) is 18.8 Å².